The molecule has 2 N–H and O–H groups in total. The van der Waals surface area contributed by atoms with Crippen LogP contribution in [-0.4, -0.2) is 21.1 Å². The Labute approximate surface area is 154 Å². The molecule has 4 rings (SSSR count). The number of fused-ring (bicyclic) bond motifs is 1. The molecule has 1 aromatic carbocycles. The molecule has 0 spiro atoms. The van der Waals surface area contributed by atoms with Crippen molar-refractivity contribution >= 4 is 34.0 Å². The second-order valence-corrected chi connectivity index (χ2v) is 7.75. The topological polar surface area (TPSA) is 87.7 Å². The fourth-order valence-corrected chi connectivity index (χ4v) is 4.34. The highest BCUT2D eigenvalue weighted by Gasteiger charge is 2.16. The van der Waals surface area contributed by atoms with Crippen LogP contribution in [0.1, 0.15) is 47.6 Å². The number of benzene rings is 1. The number of anilines is 1. The molecule has 2 aromatic heterocycles. The first-order valence-corrected chi connectivity index (χ1v) is 9.76. The Morgan fingerprint density at radius 3 is 2.92 bits per heavy atom. The van der Waals surface area contributed by atoms with Gasteiger partial charge in [-0.25, -0.2) is 0 Å². The van der Waals surface area contributed by atoms with Crippen LogP contribution < -0.4 is 10.1 Å². The molecule has 0 radical (unpaired) electrons. The molecular weight excluding hydrogens is 348 g/mol. The molecule has 1 fully saturated rings. The molecule has 7 heteroatoms. The number of nitrogens with one attached hydrogen (secondary N) is 2. The summed E-state index contributed by atoms with van der Waals surface area (Å²) in [5.41, 5.74) is 0. The lowest BCUT2D eigenvalue weighted by molar-refractivity contribution is 0.102. The highest BCUT2D eigenvalue weighted by molar-refractivity contribution is 7.12. The molecule has 1 saturated carbocycles. The predicted molar refractivity (Wildman–Crippen MR) is 103 cm³/mol. The van der Waals surface area contributed by atoms with Crippen LogP contribution in [0.5, 0.6) is 0 Å². The van der Waals surface area contributed by atoms with Crippen LogP contribution >= 0.6 is 11.3 Å². The number of rotatable bonds is 5. The number of amides is 1. The Morgan fingerprint density at radius 1 is 1.27 bits per heavy atom. The maximum Gasteiger partial charge on any atom is 0.268 e. The third-order valence-corrected chi connectivity index (χ3v) is 5.84. The maximum atomic E-state index is 12.5. The smallest absolute Gasteiger partial charge is 0.268 e. The van der Waals surface area contributed by atoms with Gasteiger partial charge in [-0.05, 0) is 29.9 Å². The molecule has 2 heterocycles. The van der Waals surface area contributed by atoms with Crippen LogP contribution in [0.15, 0.2) is 35.1 Å². The lowest BCUT2D eigenvalue weighted by atomic mass is 10.0. The number of aryl methyl sites for hydroxylation is 1. The van der Waals surface area contributed by atoms with Crippen molar-refractivity contribution in [3.63, 3.8) is 0 Å². The van der Waals surface area contributed by atoms with Gasteiger partial charge in [-0.1, -0.05) is 55.2 Å². The van der Waals surface area contributed by atoms with Crippen molar-refractivity contribution in [3.05, 3.63) is 50.6 Å². The van der Waals surface area contributed by atoms with Gasteiger partial charge in [0, 0.05) is 11.8 Å². The molecule has 0 unspecified atom stereocenters. The first kappa shape index (κ1) is 16.9. The Hall–Kier alpha value is -2.54. The summed E-state index contributed by atoms with van der Waals surface area (Å²) in [5.74, 6) is 1.47. The average molecular weight is 368 g/mol. The van der Waals surface area contributed by atoms with Gasteiger partial charge < -0.3 is 0 Å². The number of aromatic amines is 1. The monoisotopic (exact) mass is 368 g/mol. The Balaban J connectivity index is 1.44. The number of nitrogens with zero attached hydrogens (tertiary/aromatic N) is 2. The summed E-state index contributed by atoms with van der Waals surface area (Å²) in [5, 5.41) is 11.0. The van der Waals surface area contributed by atoms with Crippen molar-refractivity contribution < 1.29 is 4.79 Å². The quantitative estimate of drug-likeness (QED) is 0.718. The van der Waals surface area contributed by atoms with Crippen molar-refractivity contribution in [2.24, 2.45) is 5.92 Å². The highest BCUT2D eigenvalue weighted by atomic mass is 32.1. The third kappa shape index (κ3) is 3.67. The predicted octanol–water partition coefficient (Wildman–Crippen LogP) is 3.75. The Kier molecular flexibility index (Phi) is 4.79. The molecule has 1 amide bonds. The molecule has 0 bridgehead atoms. The van der Waals surface area contributed by atoms with Crippen LogP contribution in [0.3, 0.4) is 0 Å². The SMILES string of the molecule is O=C(Nc1n[nH]c(CCC2CCCC2)n1)c1cc2ccccc2c(=O)s1. The van der Waals surface area contributed by atoms with Gasteiger partial charge in [0.1, 0.15) is 5.82 Å². The van der Waals surface area contributed by atoms with Gasteiger partial charge >= 0.3 is 0 Å². The molecule has 0 aliphatic heterocycles. The second kappa shape index (κ2) is 7.37. The van der Waals surface area contributed by atoms with E-state index in [9.17, 15) is 9.59 Å². The van der Waals surface area contributed by atoms with E-state index in [-0.39, 0.29) is 16.6 Å². The summed E-state index contributed by atoms with van der Waals surface area (Å²) in [7, 11) is 0. The zero-order valence-electron chi connectivity index (χ0n) is 14.3. The molecule has 0 saturated heterocycles. The van der Waals surface area contributed by atoms with Crippen LogP contribution in [0.2, 0.25) is 0 Å². The molecule has 6 nitrogen and oxygen atoms in total. The second-order valence-electron chi connectivity index (χ2n) is 6.73. The Morgan fingerprint density at radius 2 is 2.08 bits per heavy atom. The fourth-order valence-electron chi connectivity index (χ4n) is 3.51. The van der Waals surface area contributed by atoms with Gasteiger partial charge in [0.2, 0.25) is 10.7 Å². The first-order valence-electron chi connectivity index (χ1n) is 8.94. The van der Waals surface area contributed by atoms with Crippen molar-refractivity contribution in [2.75, 3.05) is 5.32 Å². The van der Waals surface area contributed by atoms with E-state index in [2.05, 4.69) is 20.5 Å². The number of carbonyl (C=O) groups excluding carboxylic acids is 1. The minimum atomic E-state index is -0.362. The van der Waals surface area contributed by atoms with Crippen molar-refractivity contribution in [3.8, 4) is 0 Å². The van der Waals surface area contributed by atoms with E-state index in [1.807, 2.05) is 18.2 Å². The van der Waals surface area contributed by atoms with Gasteiger partial charge in [-0.3, -0.25) is 20.0 Å². The van der Waals surface area contributed by atoms with Gasteiger partial charge in [-0.15, -0.1) is 5.10 Å². The van der Waals surface area contributed by atoms with E-state index in [0.29, 0.717) is 10.3 Å². The lowest BCUT2D eigenvalue weighted by Gasteiger charge is -2.05. The van der Waals surface area contributed by atoms with E-state index in [1.165, 1.54) is 25.7 Å². The highest BCUT2D eigenvalue weighted by Crippen LogP contribution is 2.28. The zero-order chi connectivity index (χ0) is 17.9. The molecule has 1 aliphatic rings. The zero-order valence-corrected chi connectivity index (χ0v) is 15.1. The van der Waals surface area contributed by atoms with Gasteiger partial charge in [0.05, 0.1) is 4.88 Å². The number of aromatic nitrogens is 3. The number of hydrogen-bond acceptors (Lipinski definition) is 5. The van der Waals surface area contributed by atoms with Crippen LogP contribution in [0.4, 0.5) is 5.95 Å². The molecule has 1 aliphatic carbocycles. The van der Waals surface area contributed by atoms with Crippen molar-refractivity contribution in [1.29, 1.82) is 0 Å². The van der Waals surface area contributed by atoms with Gasteiger partial charge in [-0.2, -0.15) is 4.98 Å². The lowest BCUT2D eigenvalue weighted by Crippen LogP contribution is -2.14. The summed E-state index contributed by atoms with van der Waals surface area (Å²) in [6.07, 6.45) is 7.22. The largest absolute Gasteiger partial charge is 0.288 e. The Bertz CT molecular complexity index is 988. The van der Waals surface area contributed by atoms with Crippen LogP contribution in [0, 0.1) is 5.92 Å². The molecule has 3 aromatic rings. The minimum absolute atomic E-state index is 0.125. The fraction of sp³-hybridized carbons (Fsp3) is 0.368. The number of carbonyl (C=O) groups is 1. The van der Waals surface area contributed by atoms with E-state index >= 15 is 0 Å². The third-order valence-electron chi connectivity index (χ3n) is 4.91. The van der Waals surface area contributed by atoms with E-state index in [4.69, 9.17) is 0 Å². The molecule has 0 atom stereocenters. The number of H-pyrrole nitrogens is 1. The summed E-state index contributed by atoms with van der Waals surface area (Å²) >= 11 is 0.935. The molecular formula is C19H20N4O2S. The summed E-state index contributed by atoms with van der Waals surface area (Å²) in [6.45, 7) is 0. The standard InChI is InChI=1S/C19H20N4O2S/c24-17(15-11-13-7-3-4-8-14(13)18(25)26-15)21-19-20-16(22-23-19)10-9-12-5-1-2-6-12/h3-4,7-8,11-12H,1-2,5-6,9-10H2,(H2,20,21,22,23,24). The van der Waals surface area contributed by atoms with Crippen molar-refractivity contribution in [2.45, 2.75) is 38.5 Å². The summed E-state index contributed by atoms with van der Waals surface area (Å²) in [6, 6.07) is 8.98. The van der Waals surface area contributed by atoms with Gasteiger partial charge in [0.25, 0.3) is 5.91 Å². The maximum absolute atomic E-state index is 12.5. The summed E-state index contributed by atoms with van der Waals surface area (Å²) in [4.78, 5) is 29.3. The van der Waals surface area contributed by atoms with Gasteiger partial charge in [0.15, 0.2) is 0 Å². The van der Waals surface area contributed by atoms with Crippen molar-refractivity contribution in [1.82, 2.24) is 15.2 Å². The average Bonchev–Trinajstić information content (AvgIpc) is 3.31. The summed E-state index contributed by atoms with van der Waals surface area (Å²) < 4.78 is -0.125. The van der Waals surface area contributed by atoms with E-state index < -0.39 is 0 Å². The van der Waals surface area contributed by atoms with E-state index in [1.54, 1.807) is 12.1 Å². The van der Waals surface area contributed by atoms with Crippen LogP contribution in [0.25, 0.3) is 10.8 Å². The van der Waals surface area contributed by atoms with Crippen LogP contribution in [-0.2, 0) is 6.42 Å². The number of hydrogen-bond donors (Lipinski definition) is 2. The molecule has 26 heavy (non-hydrogen) atoms. The minimum Gasteiger partial charge on any atom is -0.288 e. The molecule has 134 valence electrons. The van der Waals surface area contributed by atoms with E-state index in [0.717, 1.165) is 41.3 Å². The first-order chi connectivity index (χ1) is 12.7. The normalized spacial score (nSPS) is 14.8.